The summed E-state index contributed by atoms with van der Waals surface area (Å²) in [5.74, 6) is 0.337. The van der Waals surface area contributed by atoms with Crippen LogP contribution in [0.25, 0.3) is 0 Å². The maximum Gasteiger partial charge on any atom is 0.231 e. The smallest absolute Gasteiger partial charge is 0.231 e. The number of halogens is 1. The van der Waals surface area contributed by atoms with E-state index in [4.69, 9.17) is 11.6 Å². The van der Waals surface area contributed by atoms with Gasteiger partial charge < -0.3 is 5.32 Å². The van der Waals surface area contributed by atoms with E-state index in [1.54, 1.807) is 0 Å². The minimum absolute atomic E-state index is 0.0493. The van der Waals surface area contributed by atoms with Crippen molar-refractivity contribution in [2.45, 2.75) is 38.5 Å². The van der Waals surface area contributed by atoms with E-state index in [-0.39, 0.29) is 5.91 Å². The van der Waals surface area contributed by atoms with Gasteiger partial charge in [-0.2, -0.15) is 0 Å². The first-order chi connectivity index (χ1) is 10.2. The number of carbonyl (C=O) groups excluding carboxylic acids is 1. The monoisotopic (exact) mass is 322 g/mol. The molecule has 0 unspecified atom stereocenters. The molecule has 1 aromatic carbocycles. The van der Waals surface area contributed by atoms with Crippen LogP contribution in [0.4, 0.5) is 5.69 Å². The van der Waals surface area contributed by atoms with Crippen molar-refractivity contribution in [3.05, 3.63) is 45.9 Å². The van der Waals surface area contributed by atoms with Crippen LogP contribution in [-0.4, -0.2) is 10.9 Å². The van der Waals surface area contributed by atoms with Gasteiger partial charge in [-0.25, -0.2) is 4.98 Å². The van der Waals surface area contributed by atoms with E-state index in [1.807, 2.05) is 17.5 Å². The quantitative estimate of drug-likeness (QED) is 0.767. The van der Waals surface area contributed by atoms with Crippen LogP contribution in [0.15, 0.2) is 29.6 Å². The van der Waals surface area contributed by atoms with Crippen molar-refractivity contribution in [2.75, 3.05) is 5.32 Å². The third-order valence-corrected chi connectivity index (χ3v) is 4.28. The van der Waals surface area contributed by atoms with Crippen LogP contribution in [0.2, 0.25) is 0 Å². The number of anilines is 1. The molecule has 5 heteroatoms. The Bertz CT molecular complexity index is 580. The molecule has 0 spiro atoms. The van der Waals surface area contributed by atoms with E-state index in [9.17, 15) is 4.79 Å². The normalized spacial score (nSPS) is 10.6. The van der Waals surface area contributed by atoms with Gasteiger partial charge in [0, 0.05) is 11.1 Å². The number of alkyl halides is 1. The van der Waals surface area contributed by atoms with Gasteiger partial charge in [0.05, 0.1) is 18.0 Å². The fourth-order valence-corrected chi connectivity index (χ4v) is 2.99. The van der Waals surface area contributed by atoms with Crippen molar-refractivity contribution < 1.29 is 4.79 Å². The molecule has 112 valence electrons. The van der Waals surface area contributed by atoms with Crippen LogP contribution in [-0.2, 0) is 23.5 Å². The molecule has 1 aromatic heterocycles. The Balaban J connectivity index is 1.87. The lowest BCUT2D eigenvalue weighted by Gasteiger charge is -2.05. The fourth-order valence-electron chi connectivity index (χ4n) is 1.97. The highest BCUT2D eigenvalue weighted by atomic mass is 35.5. The third kappa shape index (κ3) is 5.14. The van der Waals surface area contributed by atoms with Gasteiger partial charge in [-0.05, 0) is 30.5 Å². The van der Waals surface area contributed by atoms with E-state index in [2.05, 4.69) is 29.4 Å². The van der Waals surface area contributed by atoms with Gasteiger partial charge in [-0.3, -0.25) is 4.79 Å². The van der Waals surface area contributed by atoms with Gasteiger partial charge in [0.15, 0.2) is 0 Å². The Labute approximate surface area is 134 Å². The van der Waals surface area contributed by atoms with Crippen LogP contribution < -0.4 is 5.32 Å². The molecule has 2 aromatic rings. The molecule has 21 heavy (non-hydrogen) atoms. The van der Waals surface area contributed by atoms with Gasteiger partial charge in [0.1, 0.15) is 5.01 Å². The zero-order valence-electron chi connectivity index (χ0n) is 12.1. The topological polar surface area (TPSA) is 42.0 Å². The van der Waals surface area contributed by atoms with Crippen LogP contribution in [0.1, 0.15) is 36.0 Å². The number of rotatable bonds is 7. The predicted molar refractivity (Wildman–Crippen MR) is 89.1 cm³/mol. The second-order valence-electron chi connectivity index (χ2n) is 4.89. The number of unbranched alkanes of at least 4 members (excludes halogenated alkanes) is 1. The van der Waals surface area contributed by atoms with Crippen LogP contribution >= 0.6 is 22.9 Å². The molecule has 2 rings (SSSR count). The molecule has 0 aliphatic heterocycles. The summed E-state index contributed by atoms with van der Waals surface area (Å²) >= 11 is 7.17. The largest absolute Gasteiger partial charge is 0.326 e. The average molecular weight is 323 g/mol. The zero-order chi connectivity index (χ0) is 15.1. The highest BCUT2D eigenvalue weighted by Crippen LogP contribution is 2.15. The molecule has 3 nitrogen and oxygen atoms in total. The van der Waals surface area contributed by atoms with Crippen molar-refractivity contribution >= 4 is 34.5 Å². The van der Waals surface area contributed by atoms with E-state index in [1.165, 1.54) is 29.7 Å². The van der Waals surface area contributed by atoms with Crippen molar-refractivity contribution in [3.63, 3.8) is 0 Å². The number of thiazole rings is 1. The van der Waals surface area contributed by atoms with Crippen LogP contribution in [0.3, 0.4) is 0 Å². The molecule has 0 radical (unpaired) electrons. The van der Waals surface area contributed by atoms with Crippen molar-refractivity contribution in [2.24, 2.45) is 0 Å². The number of hydrogen-bond donors (Lipinski definition) is 1. The molecular weight excluding hydrogens is 304 g/mol. The van der Waals surface area contributed by atoms with Crippen LogP contribution in [0.5, 0.6) is 0 Å². The van der Waals surface area contributed by atoms with Gasteiger partial charge in [0.25, 0.3) is 0 Å². The third-order valence-electron chi connectivity index (χ3n) is 3.10. The summed E-state index contributed by atoms with van der Waals surface area (Å²) < 4.78 is 0. The first kappa shape index (κ1) is 16.0. The van der Waals surface area contributed by atoms with E-state index in [0.29, 0.717) is 12.3 Å². The number of nitrogens with one attached hydrogen (secondary N) is 1. The number of benzene rings is 1. The van der Waals surface area contributed by atoms with Gasteiger partial charge in [0.2, 0.25) is 5.91 Å². The molecule has 0 fully saturated rings. The van der Waals surface area contributed by atoms with E-state index in [0.717, 1.165) is 22.8 Å². The second-order valence-corrected chi connectivity index (χ2v) is 6.10. The Hall–Kier alpha value is -1.39. The summed E-state index contributed by atoms with van der Waals surface area (Å²) in [5.41, 5.74) is 2.96. The van der Waals surface area contributed by atoms with Crippen molar-refractivity contribution in [1.29, 1.82) is 0 Å². The van der Waals surface area contributed by atoms with Crippen molar-refractivity contribution in [1.82, 2.24) is 4.98 Å². The number of nitrogens with zero attached hydrogens (tertiary/aromatic N) is 1. The second kappa shape index (κ2) is 8.15. The van der Waals surface area contributed by atoms with E-state index >= 15 is 0 Å². The molecule has 0 saturated carbocycles. The molecule has 1 amide bonds. The maximum absolute atomic E-state index is 12.0. The summed E-state index contributed by atoms with van der Waals surface area (Å²) in [6.07, 6.45) is 3.76. The Morgan fingerprint density at radius 3 is 2.71 bits per heavy atom. The number of aromatic nitrogens is 1. The van der Waals surface area contributed by atoms with Crippen molar-refractivity contribution in [3.8, 4) is 0 Å². The predicted octanol–water partition coefficient (Wildman–Crippen LogP) is 4.41. The number of hydrogen-bond acceptors (Lipinski definition) is 3. The first-order valence-corrected chi connectivity index (χ1v) is 8.50. The molecule has 0 atom stereocenters. The SMILES string of the molecule is CCCCc1ccc(NC(=O)Cc2nc(CCl)cs2)cc1. The summed E-state index contributed by atoms with van der Waals surface area (Å²) in [7, 11) is 0. The lowest BCUT2D eigenvalue weighted by Crippen LogP contribution is -2.14. The van der Waals surface area contributed by atoms with E-state index < -0.39 is 0 Å². The van der Waals surface area contributed by atoms with Crippen LogP contribution in [0, 0.1) is 0 Å². The molecule has 1 N–H and O–H groups in total. The number of aryl methyl sites for hydroxylation is 1. The average Bonchev–Trinajstić information content (AvgIpc) is 2.94. The van der Waals surface area contributed by atoms with Gasteiger partial charge >= 0.3 is 0 Å². The zero-order valence-corrected chi connectivity index (χ0v) is 13.6. The van der Waals surface area contributed by atoms with Gasteiger partial charge in [-0.15, -0.1) is 22.9 Å². The van der Waals surface area contributed by atoms with Gasteiger partial charge in [-0.1, -0.05) is 25.5 Å². The summed E-state index contributed by atoms with van der Waals surface area (Å²) in [6, 6.07) is 8.05. The highest BCUT2D eigenvalue weighted by molar-refractivity contribution is 7.09. The highest BCUT2D eigenvalue weighted by Gasteiger charge is 2.08. The Kier molecular flexibility index (Phi) is 6.21. The molecular formula is C16H19ClN2OS. The standard InChI is InChI=1S/C16H19ClN2OS/c1-2-3-4-12-5-7-13(8-6-12)18-15(20)9-16-19-14(10-17)11-21-16/h5-8,11H,2-4,9-10H2,1H3,(H,18,20). The molecule has 0 bridgehead atoms. The number of carbonyl (C=O) groups is 1. The fraction of sp³-hybridized carbons (Fsp3) is 0.375. The molecule has 0 aliphatic carbocycles. The number of amides is 1. The molecule has 0 aliphatic rings. The lowest BCUT2D eigenvalue weighted by molar-refractivity contribution is -0.115. The summed E-state index contributed by atoms with van der Waals surface area (Å²) in [5, 5.41) is 5.58. The Morgan fingerprint density at radius 2 is 2.10 bits per heavy atom. The Morgan fingerprint density at radius 1 is 1.33 bits per heavy atom. The lowest BCUT2D eigenvalue weighted by atomic mass is 10.1. The first-order valence-electron chi connectivity index (χ1n) is 7.09. The summed E-state index contributed by atoms with van der Waals surface area (Å²) in [4.78, 5) is 16.2. The maximum atomic E-state index is 12.0. The molecule has 0 saturated heterocycles. The molecule has 1 heterocycles. The minimum Gasteiger partial charge on any atom is -0.326 e. The summed E-state index contributed by atoms with van der Waals surface area (Å²) in [6.45, 7) is 2.18. The minimum atomic E-state index is -0.0493.